The highest BCUT2D eigenvalue weighted by atomic mass is 28.4. The van der Waals surface area contributed by atoms with Crippen molar-refractivity contribution in [3.05, 3.63) is 41.5 Å². The molecule has 0 N–H and O–H groups in total. The van der Waals surface area contributed by atoms with Crippen LogP contribution in [-0.4, -0.2) is 14.0 Å². The van der Waals surface area contributed by atoms with E-state index in [4.69, 9.17) is 4.53 Å². The van der Waals surface area contributed by atoms with Gasteiger partial charge in [-0.05, 0) is 28.3 Å². The molecule has 0 aliphatic heterocycles. The lowest BCUT2D eigenvalue weighted by Crippen LogP contribution is -2.46. The van der Waals surface area contributed by atoms with Crippen LogP contribution in [0.4, 0.5) is 0 Å². The van der Waals surface area contributed by atoms with Crippen LogP contribution < -0.4 is 0 Å². The monoisotopic (exact) mass is 301 g/mol. The van der Waals surface area contributed by atoms with Crippen LogP contribution in [0.2, 0.25) is 16.6 Å². The first-order valence-electron chi connectivity index (χ1n) is 7.93. The number of hydrogen-bond donors (Lipinski definition) is 0. The molecule has 2 nitrogen and oxygen atoms in total. The van der Waals surface area contributed by atoms with Gasteiger partial charge in [0.1, 0.15) is 5.71 Å². The second-order valence-corrected chi connectivity index (χ2v) is 12.2. The molecule has 0 amide bonds. The number of hydrogen-bond acceptors (Lipinski definition) is 2. The number of rotatable bonds is 5. The van der Waals surface area contributed by atoms with E-state index in [1.54, 1.807) is 0 Å². The SMILES string of the molecule is CC(C)[Si](ON=C1C=Cc2ccccc21)(C(C)C)C(C)C. The molecule has 1 aliphatic carbocycles. The van der Waals surface area contributed by atoms with Gasteiger partial charge in [-0.25, -0.2) is 0 Å². The summed E-state index contributed by atoms with van der Waals surface area (Å²) in [6, 6.07) is 8.34. The molecule has 21 heavy (non-hydrogen) atoms. The summed E-state index contributed by atoms with van der Waals surface area (Å²) < 4.78 is 6.33. The van der Waals surface area contributed by atoms with Crippen molar-refractivity contribution in [2.45, 2.75) is 58.2 Å². The molecule has 1 aromatic rings. The van der Waals surface area contributed by atoms with Crippen LogP contribution in [0.15, 0.2) is 35.5 Å². The molecular formula is C18H27NOSi. The van der Waals surface area contributed by atoms with Crippen molar-refractivity contribution in [1.29, 1.82) is 0 Å². The molecule has 0 fully saturated rings. The third-order valence-corrected chi connectivity index (χ3v) is 10.5. The maximum Gasteiger partial charge on any atom is 0.295 e. The predicted molar refractivity (Wildman–Crippen MR) is 94.1 cm³/mol. The molecule has 0 saturated carbocycles. The van der Waals surface area contributed by atoms with E-state index < -0.39 is 8.32 Å². The van der Waals surface area contributed by atoms with Gasteiger partial charge in [-0.2, -0.15) is 0 Å². The summed E-state index contributed by atoms with van der Waals surface area (Å²) >= 11 is 0. The van der Waals surface area contributed by atoms with Gasteiger partial charge in [0.25, 0.3) is 8.32 Å². The topological polar surface area (TPSA) is 21.6 Å². The summed E-state index contributed by atoms with van der Waals surface area (Å²) in [6.07, 6.45) is 4.17. The Kier molecular flexibility index (Phi) is 4.72. The zero-order valence-electron chi connectivity index (χ0n) is 14.1. The summed E-state index contributed by atoms with van der Waals surface area (Å²) in [5.41, 5.74) is 5.00. The average Bonchev–Trinajstić information content (AvgIpc) is 2.82. The quantitative estimate of drug-likeness (QED) is 0.511. The smallest absolute Gasteiger partial charge is 0.295 e. The van der Waals surface area contributed by atoms with Crippen molar-refractivity contribution in [3.8, 4) is 0 Å². The Balaban J connectivity index is 2.32. The number of oxime groups is 1. The number of fused-ring (bicyclic) bond motifs is 1. The minimum atomic E-state index is -1.94. The summed E-state index contributed by atoms with van der Waals surface area (Å²) in [6.45, 7) is 13.7. The third-order valence-electron chi connectivity index (χ3n) is 4.67. The van der Waals surface area contributed by atoms with E-state index in [1.165, 1.54) is 11.1 Å². The fourth-order valence-electron chi connectivity index (χ4n) is 3.66. The Morgan fingerprint density at radius 3 is 2.00 bits per heavy atom. The van der Waals surface area contributed by atoms with E-state index in [0.29, 0.717) is 16.6 Å². The Hall–Kier alpha value is -1.35. The summed E-state index contributed by atoms with van der Waals surface area (Å²) in [7, 11) is -1.94. The van der Waals surface area contributed by atoms with Crippen LogP contribution in [0.5, 0.6) is 0 Å². The van der Waals surface area contributed by atoms with Crippen LogP contribution in [0, 0.1) is 0 Å². The molecule has 1 aliphatic rings. The molecule has 0 unspecified atom stereocenters. The number of nitrogens with zero attached hydrogens (tertiary/aromatic N) is 1. The lowest BCUT2D eigenvalue weighted by Gasteiger charge is -2.39. The largest absolute Gasteiger partial charge is 0.454 e. The van der Waals surface area contributed by atoms with Crippen LogP contribution >= 0.6 is 0 Å². The Bertz CT molecular complexity index is 536. The molecule has 0 spiro atoms. The van der Waals surface area contributed by atoms with Crippen LogP contribution in [0.25, 0.3) is 6.08 Å². The minimum Gasteiger partial charge on any atom is -0.454 e. The van der Waals surface area contributed by atoms with Crippen molar-refractivity contribution in [2.75, 3.05) is 0 Å². The molecule has 2 rings (SSSR count). The van der Waals surface area contributed by atoms with Gasteiger partial charge in [-0.1, -0.05) is 71.9 Å². The fraction of sp³-hybridized carbons (Fsp3) is 0.500. The third kappa shape index (κ3) is 2.84. The Morgan fingerprint density at radius 2 is 1.43 bits per heavy atom. The lowest BCUT2D eigenvalue weighted by molar-refractivity contribution is 0.297. The minimum absolute atomic E-state index is 0.544. The normalized spacial score (nSPS) is 16.3. The van der Waals surface area contributed by atoms with E-state index in [-0.39, 0.29) is 0 Å². The van der Waals surface area contributed by atoms with Gasteiger partial charge in [-0.15, -0.1) is 5.16 Å². The Labute approximate surface area is 130 Å². The summed E-state index contributed by atoms with van der Waals surface area (Å²) in [5.74, 6) is 0. The second kappa shape index (κ2) is 6.18. The van der Waals surface area contributed by atoms with E-state index in [9.17, 15) is 0 Å². The maximum absolute atomic E-state index is 6.33. The summed E-state index contributed by atoms with van der Waals surface area (Å²) in [4.78, 5) is 0. The molecule has 1 aromatic carbocycles. The highest BCUT2D eigenvalue weighted by molar-refractivity contribution is 6.77. The van der Waals surface area contributed by atoms with Gasteiger partial charge < -0.3 is 4.53 Å². The van der Waals surface area contributed by atoms with Gasteiger partial charge in [0.05, 0.1) is 0 Å². The lowest BCUT2D eigenvalue weighted by atomic mass is 10.1. The zero-order valence-corrected chi connectivity index (χ0v) is 15.1. The molecular weight excluding hydrogens is 274 g/mol. The zero-order chi connectivity index (χ0) is 15.6. The summed E-state index contributed by atoms with van der Waals surface area (Å²) in [5, 5.41) is 4.59. The van der Waals surface area contributed by atoms with Gasteiger partial charge in [-0.3, -0.25) is 0 Å². The van der Waals surface area contributed by atoms with Crippen molar-refractivity contribution >= 4 is 20.1 Å². The molecule has 0 radical (unpaired) electrons. The van der Waals surface area contributed by atoms with Gasteiger partial charge in [0.15, 0.2) is 0 Å². The highest BCUT2D eigenvalue weighted by Crippen LogP contribution is 2.42. The van der Waals surface area contributed by atoms with E-state index in [2.05, 4.69) is 83.1 Å². The molecule has 0 saturated heterocycles. The first kappa shape index (κ1) is 16.0. The molecule has 0 aromatic heterocycles. The van der Waals surface area contributed by atoms with Crippen molar-refractivity contribution < 1.29 is 4.53 Å². The van der Waals surface area contributed by atoms with E-state index in [1.807, 2.05) is 0 Å². The molecule has 0 atom stereocenters. The molecule has 0 heterocycles. The molecule has 3 heteroatoms. The number of benzene rings is 1. The van der Waals surface area contributed by atoms with Crippen molar-refractivity contribution in [1.82, 2.24) is 0 Å². The molecule has 0 bridgehead atoms. The van der Waals surface area contributed by atoms with Gasteiger partial charge >= 0.3 is 0 Å². The standard InChI is InChI=1S/C18H27NOSi/c1-13(2)21(14(3)4,15(5)6)20-19-18-12-11-16-9-7-8-10-17(16)18/h7-15H,1-6H3. The maximum atomic E-state index is 6.33. The van der Waals surface area contributed by atoms with Crippen LogP contribution in [0.1, 0.15) is 52.7 Å². The van der Waals surface area contributed by atoms with Crippen molar-refractivity contribution in [2.24, 2.45) is 5.16 Å². The number of allylic oxidation sites excluding steroid dienone is 1. The predicted octanol–water partition coefficient (Wildman–Crippen LogP) is 5.61. The van der Waals surface area contributed by atoms with E-state index in [0.717, 1.165) is 5.71 Å². The van der Waals surface area contributed by atoms with Crippen LogP contribution in [-0.2, 0) is 4.53 Å². The second-order valence-electron chi connectivity index (χ2n) is 6.81. The first-order valence-corrected chi connectivity index (χ1v) is 10.1. The van der Waals surface area contributed by atoms with E-state index >= 15 is 0 Å². The Morgan fingerprint density at radius 1 is 0.857 bits per heavy atom. The van der Waals surface area contributed by atoms with Crippen molar-refractivity contribution in [3.63, 3.8) is 0 Å². The van der Waals surface area contributed by atoms with Gasteiger partial charge in [0.2, 0.25) is 0 Å². The van der Waals surface area contributed by atoms with Gasteiger partial charge in [0, 0.05) is 5.56 Å². The first-order chi connectivity index (χ1) is 9.89. The average molecular weight is 302 g/mol. The highest BCUT2D eigenvalue weighted by Gasteiger charge is 2.48. The fourth-order valence-corrected chi connectivity index (χ4v) is 8.55. The molecule has 114 valence electrons. The van der Waals surface area contributed by atoms with Crippen LogP contribution in [0.3, 0.4) is 0 Å².